The number of carboxylic acid groups (broad SMARTS) is 1. The maximum absolute atomic E-state index is 12.8. The smallest absolute Gasteiger partial charge is 0.303 e. The Labute approximate surface area is 99.2 Å². The van der Waals surface area contributed by atoms with Gasteiger partial charge < -0.3 is 9.84 Å². The summed E-state index contributed by atoms with van der Waals surface area (Å²) in [6.07, 6.45) is 1.56. The minimum atomic E-state index is -0.778. The molecule has 0 saturated carbocycles. The summed E-state index contributed by atoms with van der Waals surface area (Å²) in [5.74, 6) is -1.03. The van der Waals surface area contributed by atoms with Crippen LogP contribution in [0, 0.1) is 5.82 Å². The van der Waals surface area contributed by atoms with Gasteiger partial charge in [-0.05, 0) is 30.5 Å². The maximum atomic E-state index is 12.8. The Morgan fingerprint density at radius 2 is 2.00 bits per heavy atom. The van der Waals surface area contributed by atoms with Crippen molar-refractivity contribution in [1.29, 1.82) is 0 Å². The molecular weight excluding hydrogens is 223 g/mol. The SMILES string of the molecule is O=C(O)CCCC1(c2ccc(F)cc2)COC1. The van der Waals surface area contributed by atoms with E-state index in [2.05, 4.69) is 0 Å². The van der Waals surface area contributed by atoms with Crippen LogP contribution in [-0.2, 0) is 14.9 Å². The second-order valence-corrected chi connectivity index (χ2v) is 4.53. The molecule has 1 aliphatic rings. The summed E-state index contributed by atoms with van der Waals surface area (Å²) in [5.41, 5.74) is 0.930. The highest BCUT2D eigenvalue weighted by Crippen LogP contribution is 2.37. The Balaban J connectivity index is 2.03. The van der Waals surface area contributed by atoms with Gasteiger partial charge >= 0.3 is 5.97 Å². The van der Waals surface area contributed by atoms with Crippen molar-refractivity contribution in [2.24, 2.45) is 0 Å². The fourth-order valence-electron chi connectivity index (χ4n) is 2.19. The Morgan fingerprint density at radius 1 is 1.35 bits per heavy atom. The van der Waals surface area contributed by atoms with Crippen molar-refractivity contribution in [3.8, 4) is 0 Å². The Hall–Kier alpha value is -1.42. The summed E-state index contributed by atoms with van der Waals surface area (Å²) in [6.45, 7) is 1.19. The van der Waals surface area contributed by atoms with Crippen LogP contribution in [0.1, 0.15) is 24.8 Å². The number of rotatable bonds is 5. The molecule has 17 heavy (non-hydrogen) atoms. The predicted octanol–water partition coefficient (Wildman–Crippen LogP) is 2.35. The molecule has 1 N–H and O–H groups in total. The van der Waals surface area contributed by atoms with Crippen LogP contribution in [-0.4, -0.2) is 24.3 Å². The fraction of sp³-hybridized carbons (Fsp3) is 0.462. The van der Waals surface area contributed by atoms with Crippen LogP contribution in [0.2, 0.25) is 0 Å². The van der Waals surface area contributed by atoms with Gasteiger partial charge in [-0.15, -0.1) is 0 Å². The first-order chi connectivity index (χ1) is 8.12. The molecule has 1 aromatic rings. The first kappa shape index (κ1) is 12.0. The van der Waals surface area contributed by atoms with Crippen molar-refractivity contribution in [3.63, 3.8) is 0 Å². The summed E-state index contributed by atoms with van der Waals surface area (Å²) < 4.78 is 18.1. The second kappa shape index (κ2) is 4.84. The average molecular weight is 238 g/mol. The van der Waals surface area contributed by atoms with Crippen molar-refractivity contribution in [3.05, 3.63) is 35.6 Å². The van der Waals surface area contributed by atoms with Crippen molar-refractivity contribution in [2.75, 3.05) is 13.2 Å². The molecule has 1 heterocycles. The Kier molecular flexibility index (Phi) is 3.43. The molecular formula is C13H15FO3. The first-order valence-electron chi connectivity index (χ1n) is 5.68. The van der Waals surface area contributed by atoms with Gasteiger partial charge in [-0.3, -0.25) is 4.79 Å². The second-order valence-electron chi connectivity index (χ2n) is 4.53. The maximum Gasteiger partial charge on any atom is 0.303 e. The molecule has 0 amide bonds. The van der Waals surface area contributed by atoms with Crippen LogP contribution in [0.5, 0.6) is 0 Å². The minimum Gasteiger partial charge on any atom is -0.481 e. The molecule has 1 aromatic carbocycles. The number of carboxylic acids is 1. The van der Waals surface area contributed by atoms with Crippen LogP contribution in [0.15, 0.2) is 24.3 Å². The summed E-state index contributed by atoms with van der Waals surface area (Å²) in [5, 5.41) is 8.63. The molecule has 1 fully saturated rings. The Morgan fingerprint density at radius 3 is 2.47 bits per heavy atom. The summed E-state index contributed by atoms with van der Waals surface area (Å²) >= 11 is 0. The van der Waals surface area contributed by atoms with Crippen LogP contribution >= 0.6 is 0 Å². The van der Waals surface area contributed by atoms with E-state index in [1.54, 1.807) is 12.1 Å². The molecule has 0 atom stereocenters. The van der Waals surface area contributed by atoms with Crippen LogP contribution in [0.4, 0.5) is 4.39 Å². The molecule has 4 heteroatoms. The summed E-state index contributed by atoms with van der Waals surface area (Å²) in [6, 6.07) is 6.40. The third kappa shape index (κ3) is 2.64. The molecule has 0 spiro atoms. The topological polar surface area (TPSA) is 46.5 Å². The van der Waals surface area contributed by atoms with Crippen molar-refractivity contribution >= 4 is 5.97 Å². The van der Waals surface area contributed by atoms with Gasteiger partial charge in [0.2, 0.25) is 0 Å². The van der Waals surface area contributed by atoms with Crippen LogP contribution in [0.3, 0.4) is 0 Å². The van der Waals surface area contributed by atoms with Crippen molar-refractivity contribution in [1.82, 2.24) is 0 Å². The zero-order chi connectivity index (χ0) is 12.3. The number of halogens is 1. The molecule has 0 aromatic heterocycles. The molecule has 0 bridgehead atoms. The minimum absolute atomic E-state index is 0.108. The van der Waals surface area contributed by atoms with Gasteiger partial charge in [0.05, 0.1) is 13.2 Å². The molecule has 1 saturated heterocycles. The van der Waals surface area contributed by atoms with Crippen molar-refractivity contribution in [2.45, 2.75) is 24.7 Å². The molecule has 3 nitrogen and oxygen atoms in total. The number of ether oxygens (including phenoxy) is 1. The van der Waals surface area contributed by atoms with Gasteiger partial charge in [-0.1, -0.05) is 12.1 Å². The van der Waals surface area contributed by atoms with Gasteiger partial charge in [0.15, 0.2) is 0 Å². The molecule has 2 rings (SSSR count). The average Bonchev–Trinajstić information content (AvgIpc) is 2.23. The van der Waals surface area contributed by atoms with Crippen LogP contribution < -0.4 is 0 Å². The number of aliphatic carboxylic acids is 1. The normalized spacial score (nSPS) is 17.5. The first-order valence-corrected chi connectivity index (χ1v) is 5.68. The van der Waals surface area contributed by atoms with E-state index < -0.39 is 5.97 Å². The number of hydrogen-bond donors (Lipinski definition) is 1. The lowest BCUT2D eigenvalue weighted by Gasteiger charge is -2.42. The molecule has 0 unspecified atom stereocenters. The third-order valence-corrected chi connectivity index (χ3v) is 3.26. The standard InChI is InChI=1S/C13H15FO3/c14-11-5-3-10(4-6-11)13(8-17-9-13)7-1-2-12(15)16/h3-6H,1-2,7-9H2,(H,15,16). The highest BCUT2D eigenvalue weighted by molar-refractivity contribution is 5.66. The third-order valence-electron chi connectivity index (χ3n) is 3.26. The van der Waals surface area contributed by atoms with Gasteiger partial charge in [-0.2, -0.15) is 0 Å². The van der Waals surface area contributed by atoms with Gasteiger partial charge in [0.25, 0.3) is 0 Å². The zero-order valence-electron chi connectivity index (χ0n) is 9.49. The van der Waals surface area contributed by atoms with E-state index in [1.165, 1.54) is 12.1 Å². The number of hydrogen-bond acceptors (Lipinski definition) is 2. The summed E-state index contributed by atoms with van der Waals surface area (Å²) in [4.78, 5) is 10.5. The molecule has 92 valence electrons. The van der Waals surface area contributed by atoms with E-state index in [-0.39, 0.29) is 17.7 Å². The van der Waals surface area contributed by atoms with E-state index in [1.807, 2.05) is 0 Å². The van der Waals surface area contributed by atoms with Crippen molar-refractivity contribution < 1.29 is 19.0 Å². The highest BCUT2D eigenvalue weighted by Gasteiger charge is 2.39. The number of carbonyl (C=O) groups is 1. The van der Waals surface area contributed by atoms with E-state index in [0.29, 0.717) is 19.6 Å². The lowest BCUT2D eigenvalue weighted by atomic mass is 9.75. The number of benzene rings is 1. The van der Waals surface area contributed by atoms with E-state index >= 15 is 0 Å². The molecule has 0 aliphatic carbocycles. The van der Waals surface area contributed by atoms with E-state index in [4.69, 9.17) is 9.84 Å². The van der Waals surface area contributed by atoms with Gasteiger partial charge in [0, 0.05) is 11.8 Å². The summed E-state index contributed by atoms with van der Waals surface area (Å²) in [7, 11) is 0. The van der Waals surface area contributed by atoms with E-state index in [9.17, 15) is 9.18 Å². The largest absolute Gasteiger partial charge is 0.481 e. The van der Waals surface area contributed by atoms with E-state index in [0.717, 1.165) is 12.0 Å². The molecule has 1 aliphatic heterocycles. The molecule has 0 radical (unpaired) electrons. The lowest BCUT2D eigenvalue weighted by molar-refractivity contribution is -0.137. The Bertz CT molecular complexity index is 396. The highest BCUT2D eigenvalue weighted by atomic mass is 19.1. The van der Waals surface area contributed by atoms with Gasteiger partial charge in [0.1, 0.15) is 5.82 Å². The fourth-order valence-corrected chi connectivity index (χ4v) is 2.19. The lowest BCUT2D eigenvalue weighted by Crippen LogP contribution is -2.46. The van der Waals surface area contributed by atoms with Crippen LogP contribution in [0.25, 0.3) is 0 Å². The quantitative estimate of drug-likeness (QED) is 0.856. The predicted molar refractivity (Wildman–Crippen MR) is 60.4 cm³/mol. The van der Waals surface area contributed by atoms with Gasteiger partial charge in [-0.25, -0.2) is 4.39 Å². The monoisotopic (exact) mass is 238 g/mol. The zero-order valence-corrected chi connectivity index (χ0v) is 9.49.